The highest BCUT2D eigenvalue weighted by molar-refractivity contribution is 8.18. The molecule has 0 aromatic heterocycles. The van der Waals surface area contributed by atoms with Crippen molar-refractivity contribution >= 4 is 63.8 Å². The lowest BCUT2D eigenvalue weighted by Crippen LogP contribution is -2.27. The summed E-state index contributed by atoms with van der Waals surface area (Å²) in [6.45, 7) is 2.08. The number of hydrogen-bond acceptors (Lipinski definition) is 6. The number of carbonyl (C=O) groups is 3. The second kappa shape index (κ2) is 12.2. The van der Waals surface area contributed by atoms with Crippen LogP contribution in [0.2, 0.25) is 10.0 Å². The van der Waals surface area contributed by atoms with Crippen LogP contribution in [0.4, 0.5) is 10.5 Å². The van der Waals surface area contributed by atoms with Gasteiger partial charge in [0.1, 0.15) is 0 Å². The summed E-state index contributed by atoms with van der Waals surface area (Å²) >= 11 is 12.8. The van der Waals surface area contributed by atoms with Gasteiger partial charge in [0, 0.05) is 15.7 Å². The number of ether oxygens (including phenoxy) is 2. The molecule has 3 aromatic rings. The van der Waals surface area contributed by atoms with Gasteiger partial charge < -0.3 is 14.8 Å². The molecule has 1 heterocycles. The van der Waals surface area contributed by atoms with Crippen molar-refractivity contribution < 1.29 is 23.9 Å². The smallest absolute Gasteiger partial charge is 0.293 e. The molecule has 0 spiro atoms. The van der Waals surface area contributed by atoms with E-state index < -0.39 is 0 Å². The molecule has 0 saturated carbocycles. The summed E-state index contributed by atoms with van der Waals surface area (Å²) in [5.41, 5.74) is 1.97. The average Bonchev–Trinajstić information content (AvgIpc) is 3.11. The van der Waals surface area contributed by atoms with E-state index >= 15 is 0 Å². The summed E-state index contributed by atoms with van der Waals surface area (Å²) in [5, 5.41) is 3.40. The maximum absolute atomic E-state index is 12.9. The molecule has 3 amide bonds. The molecule has 0 bridgehead atoms. The maximum atomic E-state index is 12.9. The van der Waals surface area contributed by atoms with Crippen molar-refractivity contribution in [3.05, 3.63) is 92.8 Å². The van der Waals surface area contributed by atoms with E-state index in [-0.39, 0.29) is 30.2 Å². The second-order valence-electron chi connectivity index (χ2n) is 7.88. The van der Waals surface area contributed by atoms with Gasteiger partial charge in [-0.2, -0.15) is 0 Å². The molecule has 7 nitrogen and oxygen atoms in total. The first-order valence-corrected chi connectivity index (χ1v) is 12.8. The highest BCUT2D eigenvalue weighted by Crippen LogP contribution is 2.35. The minimum Gasteiger partial charge on any atom is -0.490 e. The zero-order chi connectivity index (χ0) is 26.4. The van der Waals surface area contributed by atoms with Gasteiger partial charge in [-0.25, -0.2) is 0 Å². The summed E-state index contributed by atoms with van der Waals surface area (Å²) in [5.74, 6) is 0.0346. The first kappa shape index (κ1) is 26.6. The fourth-order valence-electron chi connectivity index (χ4n) is 3.51. The third-order valence-corrected chi connectivity index (χ3v) is 6.51. The molecule has 1 saturated heterocycles. The Labute approximate surface area is 228 Å². The zero-order valence-electron chi connectivity index (χ0n) is 19.7. The van der Waals surface area contributed by atoms with Gasteiger partial charge in [-0.05, 0) is 78.4 Å². The highest BCUT2D eigenvalue weighted by Gasteiger charge is 2.35. The van der Waals surface area contributed by atoms with E-state index in [0.717, 1.165) is 17.3 Å². The van der Waals surface area contributed by atoms with Crippen LogP contribution < -0.4 is 14.8 Å². The van der Waals surface area contributed by atoms with Crippen LogP contribution in [0.3, 0.4) is 0 Å². The molecule has 4 rings (SSSR count). The number of rotatable bonds is 9. The Morgan fingerprint density at radius 3 is 2.46 bits per heavy atom. The van der Waals surface area contributed by atoms with E-state index in [1.54, 1.807) is 72.8 Å². The van der Waals surface area contributed by atoms with Crippen molar-refractivity contribution in [2.45, 2.75) is 13.5 Å². The number of nitrogens with one attached hydrogen (secondary N) is 1. The molecule has 37 heavy (non-hydrogen) atoms. The van der Waals surface area contributed by atoms with Crippen LogP contribution in [0.5, 0.6) is 11.5 Å². The standard InChI is InChI=1S/C27H22Cl2N2O5S/c1-2-35-23-12-17(9-10-22(23)36-16-25(32)30-21-8-4-7-20(29)14-21)13-24-26(33)31(27(34)37-24)15-18-5-3-6-19(28)11-18/h3-14H,2,15-16H2,1H3,(H,30,32)/b24-13-. The minimum atomic E-state index is -0.383. The van der Waals surface area contributed by atoms with Crippen LogP contribution in [-0.2, 0) is 16.1 Å². The van der Waals surface area contributed by atoms with Gasteiger partial charge in [-0.15, -0.1) is 0 Å². The van der Waals surface area contributed by atoms with Gasteiger partial charge in [-0.3, -0.25) is 19.3 Å². The second-order valence-corrected chi connectivity index (χ2v) is 9.75. The van der Waals surface area contributed by atoms with Crippen LogP contribution in [0.1, 0.15) is 18.1 Å². The highest BCUT2D eigenvalue weighted by atomic mass is 35.5. The third-order valence-electron chi connectivity index (χ3n) is 5.14. The molecule has 190 valence electrons. The van der Waals surface area contributed by atoms with Crippen molar-refractivity contribution in [2.75, 3.05) is 18.5 Å². The quantitative estimate of drug-likeness (QED) is 0.297. The number of carbonyl (C=O) groups excluding carboxylic acids is 3. The predicted octanol–water partition coefficient (Wildman–Crippen LogP) is 6.65. The molecular formula is C27H22Cl2N2O5S. The number of hydrogen-bond donors (Lipinski definition) is 1. The normalized spacial score (nSPS) is 14.2. The lowest BCUT2D eigenvalue weighted by Gasteiger charge is -2.13. The Kier molecular flexibility index (Phi) is 8.76. The Hall–Kier alpha value is -3.46. The van der Waals surface area contributed by atoms with Crippen LogP contribution in [0.25, 0.3) is 6.08 Å². The number of imide groups is 1. The number of benzene rings is 3. The molecule has 10 heteroatoms. The number of halogens is 2. The predicted molar refractivity (Wildman–Crippen MR) is 146 cm³/mol. The molecule has 0 aliphatic carbocycles. The summed E-state index contributed by atoms with van der Waals surface area (Å²) in [4.78, 5) is 39.2. The van der Waals surface area contributed by atoms with E-state index in [9.17, 15) is 14.4 Å². The topological polar surface area (TPSA) is 84.9 Å². The van der Waals surface area contributed by atoms with Gasteiger partial charge in [-0.1, -0.05) is 47.5 Å². The first-order chi connectivity index (χ1) is 17.8. The van der Waals surface area contributed by atoms with Crippen LogP contribution in [0.15, 0.2) is 71.6 Å². The van der Waals surface area contributed by atoms with Gasteiger partial charge in [0.15, 0.2) is 18.1 Å². The van der Waals surface area contributed by atoms with E-state index in [4.69, 9.17) is 32.7 Å². The van der Waals surface area contributed by atoms with Crippen molar-refractivity contribution in [3.8, 4) is 11.5 Å². The summed E-state index contributed by atoms with van der Waals surface area (Å²) < 4.78 is 11.4. The molecule has 1 N–H and O–H groups in total. The largest absolute Gasteiger partial charge is 0.490 e. The van der Waals surface area contributed by atoms with E-state index in [1.165, 1.54) is 4.90 Å². The van der Waals surface area contributed by atoms with Crippen molar-refractivity contribution in [2.24, 2.45) is 0 Å². The average molecular weight is 557 g/mol. The zero-order valence-corrected chi connectivity index (χ0v) is 22.0. The van der Waals surface area contributed by atoms with E-state index in [0.29, 0.717) is 44.3 Å². The minimum absolute atomic E-state index is 0.136. The molecule has 0 unspecified atom stereocenters. The van der Waals surface area contributed by atoms with E-state index in [2.05, 4.69) is 5.32 Å². The van der Waals surface area contributed by atoms with Gasteiger partial charge in [0.25, 0.3) is 17.1 Å². The van der Waals surface area contributed by atoms with Crippen LogP contribution >= 0.6 is 35.0 Å². The molecule has 1 aliphatic rings. The van der Waals surface area contributed by atoms with Crippen molar-refractivity contribution in [3.63, 3.8) is 0 Å². The molecule has 3 aromatic carbocycles. The number of anilines is 1. The van der Waals surface area contributed by atoms with Gasteiger partial charge in [0.2, 0.25) is 0 Å². The van der Waals surface area contributed by atoms with Crippen molar-refractivity contribution in [1.29, 1.82) is 0 Å². The molecular weight excluding hydrogens is 535 g/mol. The SMILES string of the molecule is CCOc1cc(/C=C2\SC(=O)N(Cc3cccc(Cl)c3)C2=O)ccc1OCC(=O)Nc1cccc(Cl)c1. The van der Waals surface area contributed by atoms with Gasteiger partial charge >= 0.3 is 0 Å². The molecule has 1 fully saturated rings. The Morgan fingerprint density at radius 1 is 0.973 bits per heavy atom. The third kappa shape index (κ3) is 7.07. The maximum Gasteiger partial charge on any atom is 0.293 e. The van der Waals surface area contributed by atoms with Gasteiger partial charge in [0.05, 0.1) is 18.1 Å². The molecule has 1 aliphatic heterocycles. The fraction of sp³-hybridized carbons (Fsp3) is 0.148. The summed E-state index contributed by atoms with van der Waals surface area (Å²) in [6, 6.07) is 18.9. The number of amides is 3. The number of nitrogens with zero attached hydrogens (tertiary/aromatic N) is 1. The first-order valence-electron chi connectivity index (χ1n) is 11.3. The Bertz CT molecular complexity index is 1380. The summed E-state index contributed by atoms with van der Waals surface area (Å²) in [6.07, 6.45) is 1.63. The van der Waals surface area contributed by atoms with Crippen LogP contribution in [0, 0.1) is 0 Å². The summed E-state index contributed by atoms with van der Waals surface area (Å²) in [7, 11) is 0. The molecule has 0 atom stereocenters. The fourth-order valence-corrected chi connectivity index (χ4v) is 4.76. The Balaban J connectivity index is 1.44. The van der Waals surface area contributed by atoms with Crippen LogP contribution in [-0.4, -0.2) is 35.2 Å². The van der Waals surface area contributed by atoms with Crippen molar-refractivity contribution in [1.82, 2.24) is 4.90 Å². The van der Waals surface area contributed by atoms with E-state index in [1.807, 2.05) is 6.92 Å². The monoisotopic (exact) mass is 556 g/mol. The Morgan fingerprint density at radius 2 is 1.73 bits per heavy atom. The lowest BCUT2D eigenvalue weighted by atomic mass is 10.1. The molecule has 0 radical (unpaired) electrons. The lowest BCUT2D eigenvalue weighted by molar-refractivity contribution is -0.123. The number of thioether (sulfide) groups is 1.